The summed E-state index contributed by atoms with van der Waals surface area (Å²) in [7, 11) is 2.21. The van der Waals surface area contributed by atoms with Crippen molar-refractivity contribution in [2.45, 2.75) is 19.5 Å². The van der Waals surface area contributed by atoms with Crippen LogP contribution < -0.4 is 14.4 Å². The fourth-order valence-corrected chi connectivity index (χ4v) is 3.92. The first kappa shape index (κ1) is 14.5. The third-order valence-electron chi connectivity index (χ3n) is 4.34. The molecule has 2 aromatic carbocycles. The monoisotopic (exact) mass is 327 g/mol. The van der Waals surface area contributed by atoms with Gasteiger partial charge in [-0.3, -0.25) is 0 Å². The summed E-state index contributed by atoms with van der Waals surface area (Å²) < 4.78 is 12.1. The van der Waals surface area contributed by atoms with Gasteiger partial charge in [-0.1, -0.05) is 12.1 Å². The molecule has 1 aromatic heterocycles. The molecule has 0 radical (unpaired) electrons. The maximum atomic E-state index is 5.46. The van der Waals surface area contributed by atoms with Crippen LogP contribution in [0.5, 0.6) is 11.5 Å². The molecule has 0 amide bonds. The summed E-state index contributed by atoms with van der Waals surface area (Å²) in [6, 6.07) is 14.9. The van der Waals surface area contributed by atoms with Crippen LogP contribution in [0, 0.1) is 0 Å². The quantitative estimate of drug-likeness (QED) is 0.800. The topological polar surface area (TPSA) is 35.8 Å². The molecule has 1 unspecified atom stereocenters. The van der Waals surface area contributed by atoms with Gasteiger partial charge >= 0.3 is 0 Å². The number of benzene rings is 2. The normalized spacial score (nSPS) is 15.7. The number of fused-ring (bicyclic) bond motifs is 2. The fourth-order valence-electron chi connectivity index (χ4n) is 2.81. The van der Waals surface area contributed by atoms with Crippen LogP contribution in [-0.4, -0.2) is 18.8 Å². The molecule has 0 spiro atoms. The minimum atomic E-state index is 0.323. The number of ether oxygens (including phenoxy) is 2. The van der Waals surface area contributed by atoms with Crippen molar-refractivity contribution in [1.29, 1.82) is 0 Å². The van der Waals surface area contributed by atoms with Gasteiger partial charge in [-0.15, -0.1) is 11.3 Å². The van der Waals surface area contributed by atoms with Gasteiger partial charge in [0, 0.05) is 5.56 Å². The lowest BCUT2D eigenvalue weighted by atomic mass is 10.1. The molecule has 118 valence electrons. The third-order valence-corrected chi connectivity index (χ3v) is 5.56. The number of hydrogen-bond acceptors (Lipinski definition) is 4. The van der Waals surface area contributed by atoms with E-state index in [0.29, 0.717) is 12.8 Å². The lowest BCUT2D eigenvalue weighted by Gasteiger charge is -2.20. The Bertz CT molecular complexity index is 813. The van der Waals surface area contributed by atoms with E-state index in [4.69, 9.17) is 14.5 Å². The van der Waals surface area contributed by atoms with Gasteiger partial charge in [0.1, 0.15) is 12.6 Å². The molecule has 0 saturated heterocycles. The van der Waals surface area contributed by atoms with Crippen LogP contribution in [0.2, 0.25) is 0 Å². The number of nitrogens with one attached hydrogen (secondary N) is 1. The van der Waals surface area contributed by atoms with E-state index in [9.17, 15) is 0 Å². The molecular formula is C18H19N2O2S+. The second-order valence-corrected chi connectivity index (χ2v) is 7.01. The zero-order valence-corrected chi connectivity index (χ0v) is 14.0. The average molecular weight is 327 g/mol. The van der Waals surface area contributed by atoms with Crippen molar-refractivity contribution < 1.29 is 14.4 Å². The molecule has 3 aromatic rings. The van der Waals surface area contributed by atoms with Crippen LogP contribution in [0.3, 0.4) is 0 Å². The van der Waals surface area contributed by atoms with Gasteiger partial charge in [0.05, 0.1) is 17.3 Å². The molecule has 2 atom stereocenters. The van der Waals surface area contributed by atoms with Gasteiger partial charge < -0.3 is 14.4 Å². The van der Waals surface area contributed by atoms with E-state index in [1.807, 2.05) is 12.1 Å². The minimum absolute atomic E-state index is 0.323. The van der Waals surface area contributed by atoms with Gasteiger partial charge in [-0.25, -0.2) is 4.98 Å². The number of para-hydroxylation sites is 1. The number of hydrogen-bond donors (Lipinski definition) is 1. The molecule has 1 N–H and O–H groups in total. The highest BCUT2D eigenvalue weighted by Crippen LogP contribution is 2.32. The summed E-state index contributed by atoms with van der Waals surface area (Å²) in [5.74, 6) is 1.69. The van der Waals surface area contributed by atoms with Gasteiger partial charge in [-0.2, -0.15) is 0 Å². The van der Waals surface area contributed by atoms with Gasteiger partial charge in [0.2, 0.25) is 6.79 Å². The number of quaternary nitrogens is 1. The average Bonchev–Trinajstić information content (AvgIpc) is 3.19. The predicted molar refractivity (Wildman–Crippen MR) is 91.2 cm³/mol. The molecule has 1 aliphatic rings. The number of thiazole rings is 1. The van der Waals surface area contributed by atoms with Crippen LogP contribution in [0.1, 0.15) is 23.5 Å². The maximum absolute atomic E-state index is 5.46. The Balaban J connectivity index is 1.52. The summed E-state index contributed by atoms with van der Waals surface area (Å²) in [5, 5.41) is 1.18. The zero-order chi connectivity index (χ0) is 15.8. The Morgan fingerprint density at radius 1 is 1.17 bits per heavy atom. The molecule has 0 bridgehead atoms. The van der Waals surface area contributed by atoms with Gasteiger partial charge in [0.25, 0.3) is 0 Å². The predicted octanol–water partition coefficient (Wildman–Crippen LogP) is 2.80. The second kappa shape index (κ2) is 5.83. The van der Waals surface area contributed by atoms with Crippen LogP contribution in [0.15, 0.2) is 42.5 Å². The first-order chi connectivity index (χ1) is 11.2. The Kier molecular flexibility index (Phi) is 3.67. The summed E-state index contributed by atoms with van der Waals surface area (Å²) in [5.41, 5.74) is 2.34. The molecule has 0 aliphatic carbocycles. The second-order valence-electron chi connectivity index (χ2n) is 5.95. The number of nitrogens with zero attached hydrogens (tertiary/aromatic N) is 1. The highest BCUT2D eigenvalue weighted by Gasteiger charge is 2.21. The van der Waals surface area contributed by atoms with E-state index >= 15 is 0 Å². The molecule has 0 fully saturated rings. The van der Waals surface area contributed by atoms with E-state index < -0.39 is 0 Å². The molecule has 2 heterocycles. The first-order valence-corrected chi connectivity index (χ1v) is 8.58. The zero-order valence-electron chi connectivity index (χ0n) is 13.2. The Morgan fingerprint density at radius 3 is 2.87 bits per heavy atom. The molecular weight excluding hydrogens is 308 g/mol. The largest absolute Gasteiger partial charge is 0.454 e. The van der Waals surface area contributed by atoms with E-state index in [1.165, 1.54) is 20.2 Å². The standard InChI is InChI=1S/C18H18N2O2S/c1-12(18-19-14-5-3-4-6-17(14)23-18)20(2)10-13-7-8-15-16(9-13)22-11-21-15/h3-9,12H,10-11H2,1-2H3/p+1/t12-/m0/s1. The number of aromatic nitrogens is 1. The maximum Gasteiger partial charge on any atom is 0.231 e. The van der Waals surface area contributed by atoms with E-state index in [-0.39, 0.29) is 0 Å². The Morgan fingerprint density at radius 2 is 2.00 bits per heavy atom. The highest BCUT2D eigenvalue weighted by atomic mass is 32.1. The van der Waals surface area contributed by atoms with Crippen LogP contribution >= 0.6 is 11.3 Å². The summed E-state index contributed by atoms with van der Waals surface area (Å²) in [4.78, 5) is 6.19. The number of rotatable bonds is 4. The fraction of sp³-hybridized carbons (Fsp3) is 0.278. The van der Waals surface area contributed by atoms with E-state index in [1.54, 1.807) is 11.3 Å². The summed E-state index contributed by atoms with van der Waals surface area (Å²) >= 11 is 1.79. The lowest BCUT2D eigenvalue weighted by Crippen LogP contribution is -3.07. The first-order valence-electron chi connectivity index (χ1n) is 7.77. The molecule has 0 saturated carbocycles. The van der Waals surface area contributed by atoms with Gasteiger partial charge in [0.15, 0.2) is 16.5 Å². The van der Waals surface area contributed by atoms with E-state index in [2.05, 4.69) is 44.3 Å². The third kappa shape index (κ3) is 2.78. The van der Waals surface area contributed by atoms with Crippen molar-refractivity contribution in [3.63, 3.8) is 0 Å². The highest BCUT2D eigenvalue weighted by molar-refractivity contribution is 7.18. The van der Waals surface area contributed by atoms with Crippen molar-refractivity contribution in [2.75, 3.05) is 13.8 Å². The molecule has 4 nitrogen and oxygen atoms in total. The molecule has 5 heteroatoms. The molecule has 23 heavy (non-hydrogen) atoms. The molecule has 1 aliphatic heterocycles. The Hall–Kier alpha value is -2.11. The summed E-state index contributed by atoms with van der Waals surface area (Å²) in [6.45, 7) is 3.48. The van der Waals surface area contributed by atoms with Crippen molar-refractivity contribution in [1.82, 2.24) is 4.98 Å². The van der Waals surface area contributed by atoms with Crippen LogP contribution in [0.4, 0.5) is 0 Å². The SMILES string of the molecule is C[C@@H](c1nc2ccccc2s1)[NH+](C)Cc1ccc2c(c1)OCO2. The van der Waals surface area contributed by atoms with Crippen molar-refractivity contribution in [3.8, 4) is 11.5 Å². The smallest absolute Gasteiger partial charge is 0.231 e. The molecule has 4 rings (SSSR count). The van der Waals surface area contributed by atoms with Crippen LogP contribution in [-0.2, 0) is 6.54 Å². The van der Waals surface area contributed by atoms with E-state index in [0.717, 1.165) is 23.6 Å². The lowest BCUT2D eigenvalue weighted by molar-refractivity contribution is -0.923. The van der Waals surface area contributed by atoms with Crippen molar-refractivity contribution in [3.05, 3.63) is 53.0 Å². The van der Waals surface area contributed by atoms with Crippen molar-refractivity contribution >= 4 is 21.6 Å². The summed E-state index contributed by atoms with van der Waals surface area (Å²) in [6.07, 6.45) is 0. The minimum Gasteiger partial charge on any atom is -0.454 e. The van der Waals surface area contributed by atoms with Gasteiger partial charge in [-0.05, 0) is 37.3 Å². The van der Waals surface area contributed by atoms with Crippen LogP contribution in [0.25, 0.3) is 10.2 Å². The Labute approximate surface area is 139 Å². The van der Waals surface area contributed by atoms with Crippen molar-refractivity contribution in [2.24, 2.45) is 0 Å².